The van der Waals surface area contributed by atoms with Gasteiger partial charge in [-0.2, -0.15) is 9.40 Å². The molecule has 116 valence electrons. The zero-order chi connectivity index (χ0) is 15.5. The van der Waals surface area contributed by atoms with Crippen molar-refractivity contribution < 1.29 is 8.42 Å². The molecule has 8 heteroatoms. The quantitative estimate of drug-likeness (QED) is 0.834. The number of thiophene rings is 1. The van der Waals surface area contributed by atoms with Gasteiger partial charge in [-0.1, -0.05) is 6.92 Å². The second-order valence-corrected chi connectivity index (χ2v) is 7.85. The normalized spacial score (nSPS) is 12.2. The van der Waals surface area contributed by atoms with Gasteiger partial charge in [0.05, 0.1) is 11.1 Å². The van der Waals surface area contributed by atoms with Gasteiger partial charge in [0, 0.05) is 49.2 Å². The molecule has 0 aliphatic carbocycles. The van der Waals surface area contributed by atoms with Gasteiger partial charge in [-0.3, -0.25) is 4.68 Å². The Hall–Kier alpha value is -1.22. The van der Waals surface area contributed by atoms with E-state index < -0.39 is 10.0 Å². The van der Waals surface area contributed by atoms with Crippen LogP contribution in [0.25, 0.3) is 0 Å². The van der Waals surface area contributed by atoms with Crippen molar-refractivity contribution in [3.8, 4) is 0 Å². The Balaban J connectivity index is 2.11. The molecule has 6 nitrogen and oxygen atoms in total. The minimum Gasteiger partial charge on any atom is -0.312 e. The predicted octanol–water partition coefficient (Wildman–Crippen LogP) is 1.41. The van der Waals surface area contributed by atoms with E-state index in [0.717, 1.165) is 17.0 Å². The van der Waals surface area contributed by atoms with Crippen molar-refractivity contribution >= 4 is 21.4 Å². The molecule has 2 aromatic rings. The highest BCUT2D eigenvalue weighted by atomic mass is 32.2. The van der Waals surface area contributed by atoms with Crippen molar-refractivity contribution in [1.82, 2.24) is 19.4 Å². The van der Waals surface area contributed by atoms with Gasteiger partial charge in [-0.05, 0) is 12.6 Å². The lowest BCUT2D eigenvalue weighted by Crippen LogP contribution is -2.26. The first-order chi connectivity index (χ1) is 9.93. The average Bonchev–Trinajstić information content (AvgIpc) is 3.06. The van der Waals surface area contributed by atoms with Gasteiger partial charge >= 0.3 is 0 Å². The number of hydrogen-bond acceptors (Lipinski definition) is 5. The Morgan fingerprint density at radius 1 is 1.48 bits per heavy atom. The molecule has 0 amide bonds. The Kier molecular flexibility index (Phi) is 5.15. The summed E-state index contributed by atoms with van der Waals surface area (Å²) in [6.45, 7) is 3.89. The van der Waals surface area contributed by atoms with Crippen LogP contribution in [0.2, 0.25) is 0 Å². The minimum absolute atomic E-state index is 0.314. The number of aromatic nitrogens is 2. The molecule has 0 aliphatic heterocycles. The van der Waals surface area contributed by atoms with Crippen molar-refractivity contribution in [2.75, 3.05) is 13.6 Å². The fourth-order valence-corrected chi connectivity index (χ4v) is 4.30. The van der Waals surface area contributed by atoms with E-state index in [1.807, 2.05) is 20.2 Å². The summed E-state index contributed by atoms with van der Waals surface area (Å²) in [4.78, 5) is 1.37. The summed E-state index contributed by atoms with van der Waals surface area (Å²) in [7, 11) is -0.0565. The number of rotatable bonds is 7. The molecule has 0 radical (unpaired) electrons. The van der Waals surface area contributed by atoms with Gasteiger partial charge in [-0.15, -0.1) is 11.3 Å². The maximum Gasteiger partial charge on any atom is 0.243 e. The van der Waals surface area contributed by atoms with Crippen molar-refractivity contribution in [2.45, 2.75) is 24.9 Å². The monoisotopic (exact) mass is 328 g/mol. The summed E-state index contributed by atoms with van der Waals surface area (Å²) in [5, 5.41) is 8.94. The summed E-state index contributed by atoms with van der Waals surface area (Å²) in [5.74, 6) is 0. The van der Waals surface area contributed by atoms with Crippen LogP contribution in [0.15, 0.2) is 28.7 Å². The summed E-state index contributed by atoms with van der Waals surface area (Å²) in [6, 6.07) is 1.74. The Morgan fingerprint density at radius 2 is 2.24 bits per heavy atom. The molecule has 2 heterocycles. The molecular formula is C13H20N4O2S2. The van der Waals surface area contributed by atoms with Gasteiger partial charge < -0.3 is 5.32 Å². The summed E-state index contributed by atoms with van der Waals surface area (Å²) in [6.07, 6.45) is 3.49. The third kappa shape index (κ3) is 3.91. The molecule has 0 fully saturated rings. The van der Waals surface area contributed by atoms with E-state index in [1.54, 1.807) is 29.4 Å². The Morgan fingerprint density at radius 3 is 2.86 bits per heavy atom. The lowest BCUT2D eigenvalue weighted by atomic mass is 10.4. The molecule has 1 N–H and O–H groups in total. The molecule has 0 unspecified atom stereocenters. The molecule has 0 aliphatic rings. The Labute approximate surface area is 129 Å². The first kappa shape index (κ1) is 16.2. The lowest BCUT2D eigenvalue weighted by Gasteiger charge is -2.15. The zero-order valence-electron chi connectivity index (χ0n) is 12.4. The number of aryl methyl sites for hydroxylation is 1. The van der Waals surface area contributed by atoms with Crippen molar-refractivity contribution in [3.05, 3.63) is 34.3 Å². The van der Waals surface area contributed by atoms with Gasteiger partial charge in [0.25, 0.3) is 0 Å². The maximum atomic E-state index is 12.5. The third-order valence-electron chi connectivity index (χ3n) is 3.05. The zero-order valence-corrected chi connectivity index (χ0v) is 14.0. The number of nitrogens with zero attached hydrogens (tertiary/aromatic N) is 3. The Bertz CT molecular complexity index is 691. The van der Waals surface area contributed by atoms with Gasteiger partial charge in [0.2, 0.25) is 10.0 Å². The minimum atomic E-state index is -3.45. The van der Waals surface area contributed by atoms with Crippen LogP contribution >= 0.6 is 11.3 Å². The maximum absolute atomic E-state index is 12.5. The number of nitrogens with one attached hydrogen (secondary N) is 1. The van der Waals surface area contributed by atoms with Crippen molar-refractivity contribution in [2.24, 2.45) is 7.05 Å². The summed E-state index contributed by atoms with van der Waals surface area (Å²) in [5.41, 5.74) is 0.867. The van der Waals surface area contributed by atoms with Gasteiger partial charge in [0.1, 0.15) is 0 Å². The van der Waals surface area contributed by atoms with Crippen LogP contribution < -0.4 is 5.32 Å². The largest absolute Gasteiger partial charge is 0.312 e. The van der Waals surface area contributed by atoms with Crippen LogP contribution in [0.5, 0.6) is 0 Å². The number of sulfonamides is 1. The third-order valence-corrected chi connectivity index (χ3v) is 5.92. The first-order valence-electron chi connectivity index (χ1n) is 6.65. The van der Waals surface area contributed by atoms with Gasteiger partial charge in [-0.25, -0.2) is 8.42 Å². The van der Waals surface area contributed by atoms with E-state index >= 15 is 0 Å². The lowest BCUT2D eigenvalue weighted by molar-refractivity contribution is 0.467. The summed E-state index contributed by atoms with van der Waals surface area (Å²) < 4.78 is 28.0. The number of hydrogen-bond donors (Lipinski definition) is 1. The SMILES string of the molecule is CCNCc1cc(S(=O)(=O)N(C)Cc2cnn(C)c2)cs1. The van der Waals surface area contributed by atoms with Crippen LogP contribution in [0.3, 0.4) is 0 Å². The average molecular weight is 328 g/mol. The molecule has 21 heavy (non-hydrogen) atoms. The van der Waals surface area contributed by atoms with Crippen LogP contribution in [-0.4, -0.2) is 36.1 Å². The van der Waals surface area contributed by atoms with E-state index in [4.69, 9.17) is 0 Å². The second kappa shape index (κ2) is 6.69. The summed E-state index contributed by atoms with van der Waals surface area (Å²) >= 11 is 1.46. The van der Waals surface area contributed by atoms with Crippen LogP contribution in [0.4, 0.5) is 0 Å². The highest BCUT2D eigenvalue weighted by molar-refractivity contribution is 7.89. The van der Waals surface area contributed by atoms with E-state index in [2.05, 4.69) is 10.4 Å². The smallest absolute Gasteiger partial charge is 0.243 e. The van der Waals surface area contributed by atoms with E-state index in [0.29, 0.717) is 18.0 Å². The van der Waals surface area contributed by atoms with Crippen LogP contribution in [0, 0.1) is 0 Å². The van der Waals surface area contributed by atoms with Crippen LogP contribution in [0.1, 0.15) is 17.4 Å². The highest BCUT2D eigenvalue weighted by Gasteiger charge is 2.22. The van der Waals surface area contributed by atoms with Crippen molar-refractivity contribution in [1.29, 1.82) is 0 Å². The molecule has 2 aromatic heterocycles. The molecule has 0 atom stereocenters. The predicted molar refractivity (Wildman–Crippen MR) is 83.6 cm³/mol. The van der Waals surface area contributed by atoms with E-state index in [9.17, 15) is 8.42 Å². The molecule has 0 bridgehead atoms. The van der Waals surface area contributed by atoms with E-state index in [1.165, 1.54) is 15.6 Å². The fourth-order valence-electron chi connectivity index (χ4n) is 1.91. The molecule has 0 saturated heterocycles. The molecule has 0 saturated carbocycles. The molecule has 2 rings (SSSR count). The highest BCUT2D eigenvalue weighted by Crippen LogP contribution is 2.23. The molecule has 0 spiro atoms. The fraction of sp³-hybridized carbons (Fsp3) is 0.462. The topological polar surface area (TPSA) is 67.2 Å². The standard InChI is InChI=1S/C13H20N4O2S2/c1-4-14-7-12-5-13(10-20-12)21(18,19)17(3)9-11-6-15-16(2)8-11/h5-6,8,10,14H,4,7,9H2,1-3H3. The van der Waals surface area contributed by atoms with E-state index in [-0.39, 0.29) is 0 Å². The first-order valence-corrected chi connectivity index (χ1v) is 8.97. The second-order valence-electron chi connectivity index (χ2n) is 4.81. The molecule has 0 aromatic carbocycles. The van der Waals surface area contributed by atoms with Crippen LogP contribution in [-0.2, 0) is 30.2 Å². The van der Waals surface area contributed by atoms with Gasteiger partial charge in [0.15, 0.2) is 0 Å². The molecular weight excluding hydrogens is 308 g/mol. The van der Waals surface area contributed by atoms with Crippen molar-refractivity contribution in [3.63, 3.8) is 0 Å².